The second kappa shape index (κ2) is 14.2. The van der Waals surface area contributed by atoms with Gasteiger partial charge in [-0.15, -0.1) is 0 Å². The largest absolute Gasteiger partial charge is 0.493 e. The number of rotatable bonds is 13. The molecule has 0 aliphatic rings. The molecule has 0 spiro atoms. The van der Waals surface area contributed by atoms with Crippen LogP contribution in [0.3, 0.4) is 0 Å². The molecule has 11 heteroatoms. The highest BCUT2D eigenvalue weighted by atomic mass is 32.2. The lowest BCUT2D eigenvalue weighted by atomic mass is 10.1. The molecule has 0 aliphatic heterocycles. The van der Waals surface area contributed by atoms with Crippen molar-refractivity contribution in [1.29, 1.82) is 0 Å². The first-order valence-electron chi connectivity index (χ1n) is 13.6. The van der Waals surface area contributed by atoms with Crippen molar-refractivity contribution in [2.75, 3.05) is 25.1 Å². The number of carbonyl (C=O) groups excluding carboxylic acids is 2. The van der Waals surface area contributed by atoms with Crippen LogP contribution in [-0.4, -0.2) is 58.0 Å². The Morgan fingerprint density at radius 1 is 0.952 bits per heavy atom. The van der Waals surface area contributed by atoms with Crippen LogP contribution in [0.25, 0.3) is 0 Å². The van der Waals surface area contributed by atoms with Crippen molar-refractivity contribution < 1.29 is 31.9 Å². The van der Waals surface area contributed by atoms with Crippen LogP contribution in [-0.2, 0) is 26.2 Å². The molecule has 9 nitrogen and oxygen atoms in total. The van der Waals surface area contributed by atoms with Crippen molar-refractivity contribution >= 4 is 27.5 Å². The predicted octanol–water partition coefficient (Wildman–Crippen LogP) is 4.68. The number of ether oxygens (including phenoxy) is 2. The number of methoxy groups -OCH3 is 2. The molecular formula is C31H38FN3O6S. The van der Waals surface area contributed by atoms with Crippen molar-refractivity contribution in [3.05, 3.63) is 83.7 Å². The van der Waals surface area contributed by atoms with E-state index in [9.17, 15) is 22.4 Å². The third-order valence-corrected chi connectivity index (χ3v) is 8.71. The van der Waals surface area contributed by atoms with Gasteiger partial charge in [0.1, 0.15) is 18.4 Å². The average Bonchev–Trinajstić information content (AvgIpc) is 2.98. The molecule has 3 aromatic carbocycles. The predicted molar refractivity (Wildman–Crippen MR) is 160 cm³/mol. The standard InChI is InChI=1S/C31H38FN3O6S/c1-7-22(3)33-31(37)23(4)34(19-24-10-8-9-21(2)17-24)30(36)20-35(26-13-11-25(32)12-14-26)42(38,39)27-15-16-28(40-5)29(18-27)41-6/h8-18,22-23H,7,19-20H2,1-6H3,(H,33,37)/t22-,23+/m1/s1. The topological polar surface area (TPSA) is 105 Å². The number of nitrogens with zero attached hydrogens (tertiary/aromatic N) is 2. The molecule has 0 bridgehead atoms. The Bertz CT molecular complexity index is 1500. The number of anilines is 1. The molecule has 42 heavy (non-hydrogen) atoms. The molecule has 2 amide bonds. The molecule has 0 fully saturated rings. The summed E-state index contributed by atoms with van der Waals surface area (Å²) in [5, 5.41) is 2.90. The lowest BCUT2D eigenvalue weighted by molar-refractivity contribution is -0.139. The fraction of sp³-hybridized carbons (Fsp3) is 0.355. The maximum Gasteiger partial charge on any atom is 0.264 e. The fourth-order valence-corrected chi connectivity index (χ4v) is 5.73. The number of sulfonamides is 1. The van der Waals surface area contributed by atoms with E-state index in [1.165, 1.54) is 49.5 Å². The summed E-state index contributed by atoms with van der Waals surface area (Å²) in [6.45, 7) is 6.75. The van der Waals surface area contributed by atoms with Crippen LogP contribution in [0.2, 0.25) is 0 Å². The van der Waals surface area contributed by atoms with Gasteiger partial charge in [-0.3, -0.25) is 13.9 Å². The van der Waals surface area contributed by atoms with Crippen LogP contribution >= 0.6 is 0 Å². The van der Waals surface area contributed by atoms with Crippen LogP contribution in [0.1, 0.15) is 38.3 Å². The zero-order valence-electron chi connectivity index (χ0n) is 24.8. The SMILES string of the molecule is CC[C@@H](C)NC(=O)[C@H](C)N(Cc1cccc(C)c1)C(=O)CN(c1ccc(F)cc1)S(=O)(=O)c1ccc(OC)c(OC)c1. The number of carbonyl (C=O) groups is 2. The molecular weight excluding hydrogens is 561 g/mol. The second-order valence-electron chi connectivity index (χ2n) is 10.0. The van der Waals surface area contributed by atoms with Crippen molar-refractivity contribution in [3.63, 3.8) is 0 Å². The summed E-state index contributed by atoms with van der Waals surface area (Å²) >= 11 is 0. The van der Waals surface area contributed by atoms with Gasteiger partial charge in [-0.2, -0.15) is 0 Å². The fourth-order valence-electron chi connectivity index (χ4n) is 4.30. The van der Waals surface area contributed by atoms with Gasteiger partial charge in [0.15, 0.2) is 11.5 Å². The Hall–Kier alpha value is -4.12. The summed E-state index contributed by atoms with van der Waals surface area (Å²) in [6.07, 6.45) is 0.701. The smallest absolute Gasteiger partial charge is 0.264 e. The Morgan fingerprint density at radius 2 is 1.62 bits per heavy atom. The first-order valence-corrected chi connectivity index (χ1v) is 15.0. The Balaban J connectivity index is 2.06. The lowest BCUT2D eigenvalue weighted by Crippen LogP contribution is -2.52. The monoisotopic (exact) mass is 599 g/mol. The summed E-state index contributed by atoms with van der Waals surface area (Å²) in [5.74, 6) is -1.03. The molecule has 1 N–H and O–H groups in total. The number of hydrogen-bond donors (Lipinski definition) is 1. The number of nitrogens with one attached hydrogen (secondary N) is 1. The van der Waals surface area contributed by atoms with E-state index < -0.39 is 34.3 Å². The van der Waals surface area contributed by atoms with Gasteiger partial charge in [0.2, 0.25) is 11.8 Å². The summed E-state index contributed by atoms with van der Waals surface area (Å²) in [5.41, 5.74) is 1.83. The summed E-state index contributed by atoms with van der Waals surface area (Å²) < 4.78 is 53.3. The quantitative estimate of drug-likeness (QED) is 0.306. The summed E-state index contributed by atoms with van der Waals surface area (Å²) in [6, 6.07) is 15.4. The van der Waals surface area contributed by atoms with Crippen molar-refractivity contribution in [3.8, 4) is 11.5 Å². The molecule has 0 saturated carbocycles. The van der Waals surface area contributed by atoms with Crippen LogP contribution in [0, 0.1) is 12.7 Å². The second-order valence-corrected chi connectivity index (χ2v) is 11.9. The van der Waals surface area contributed by atoms with E-state index in [0.29, 0.717) is 12.2 Å². The number of halogens is 1. The molecule has 0 saturated heterocycles. The minimum Gasteiger partial charge on any atom is -0.493 e. The van der Waals surface area contributed by atoms with Crippen molar-refractivity contribution in [2.24, 2.45) is 0 Å². The first-order chi connectivity index (χ1) is 19.9. The van der Waals surface area contributed by atoms with Crippen molar-refractivity contribution in [2.45, 2.75) is 57.6 Å². The molecule has 3 aromatic rings. The third kappa shape index (κ3) is 7.79. The highest BCUT2D eigenvalue weighted by molar-refractivity contribution is 7.92. The van der Waals surface area contributed by atoms with Crippen LogP contribution in [0.15, 0.2) is 71.6 Å². The van der Waals surface area contributed by atoms with Gasteiger partial charge in [-0.1, -0.05) is 36.8 Å². The van der Waals surface area contributed by atoms with Crippen molar-refractivity contribution in [1.82, 2.24) is 10.2 Å². The van der Waals surface area contributed by atoms with E-state index in [-0.39, 0.29) is 34.8 Å². The maximum absolute atomic E-state index is 14.0. The van der Waals surface area contributed by atoms with E-state index in [2.05, 4.69) is 5.32 Å². The third-order valence-electron chi connectivity index (χ3n) is 6.94. The van der Waals surface area contributed by atoms with Crippen LogP contribution < -0.4 is 19.1 Å². The number of aryl methyl sites for hydroxylation is 1. The minimum absolute atomic E-state index is 0.0727. The highest BCUT2D eigenvalue weighted by Crippen LogP contribution is 2.32. The van der Waals surface area contributed by atoms with Crippen LogP contribution in [0.5, 0.6) is 11.5 Å². The van der Waals surface area contributed by atoms with E-state index in [4.69, 9.17) is 9.47 Å². The van der Waals surface area contributed by atoms with Gasteiger partial charge in [0.05, 0.1) is 24.8 Å². The molecule has 3 rings (SSSR count). The van der Waals surface area contributed by atoms with E-state index >= 15 is 0 Å². The minimum atomic E-state index is -4.37. The molecule has 0 unspecified atom stereocenters. The van der Waals surface area contributed by atoms with E-state index in [0.717, 1.165) is 27.6 Å². The molecule has 0 heterocycles. The Kier molecular flexibility index (Phi) is 10.9. The van der Waals surface area contributed by atoms with Gasteiger partial charge in [-0.05, 0) is 69.2 Å². The van der Waals surface area contributed by atoms with Gasteiger partial charge < -0.3 is 19.7 Å². The highest BCUT2D eigenvalue weighted by Gasteiger charge is 2.33. The molecule has 226 valence electrons. The zero-order chi connectivity index (χ0) is 31.0. The molecule has 0 radical (unpaired) electrons. The van der Waals surface area contributed by atoms with Gasteiger partial charge in [0.25, 0.3) is 10.0 Å². The normalized spacial score (nSPS) is 12.6. The van der Waals surface area contributed by atoms with Gasteiger partial charge >= 0.3 is 0 Å². The lowest BCUT2D eigenvalue weighted by Gasteiger charge is -2.32. The van der Waals surface area contributed by atoms with Gasteiger partial charge in [-0.25, -0.2) is 12.8 Å². The first kappa shape index (κ1) is 32.4. The van der Waals surface area contributed by atoms with Crippen LogP contribution in [0.4, 0.5) is 10.1 Å². The number of benzene rings is 3. The van der Waals surface area contributed by atoms with E-state index in [1.54, 1.807) is 6.92 Å². The zero-order valence-corrected chi connectivity index (χ0v) is 25.6. The summed E-state index contributed by atoms with van der Waals surface area (Å²) in [7, 11) is -1.57. The molecule has 2 atom stereocenters. The molecule has 0 aliphatic carbocycles. The van der Waals surface area contributed by atoms with Gasteiger partial charge in [0, 0.05) is 18.7 Å². The number of hydrogen-bond acceptors (Lipinski definition) is 6. The van der Waals surface area contributed by atoms with E-state index in [1.807, 2.05) is 45.0 Å². The molecule has 0 aromatic heterocycles. The average molecular weight is 600 g/mol. The Labute approximate surface area is 247 Å². The Morgan fingerprint density at radius 3 is 2.21 bits per heavy atom. The number of amides is 2. The summed E-state index contributed by atoms with van der Waals surface area (Å²) in [4.78, 5) is 28.4. The maximum atomic E-state index is 14.0.